The number of methoxy groups -OCH3 is 1. The third-order valence-electron chi connectivity index (χ3n) is 2.84. The zero-order valence-corrected chi connectivity index (χ0v) is 10.9. The third kappa shape index (κ3) is 2.95. The SMILES string of the molecule is CC[C@H]1OC(OC)[C@H](OS(=O)(=O)C(F)(F)F)[C@@H]1C. The van der Waals surface area contributed by atoms with Gasteiger partial charge in [-0.2, -0.15) is 21.6 Å². The summed E-state index contributed by atoms with van der Waals surface area (Å²) in [5, 5.41) is 0. The van der Waals surface area contributed by atoms with Crippen molar-refractivity contribution in [2.75, 3.05) is 7.11 Å². The van der Waals surface area contributed by atoms with Crippen LogP contribution in [0.5, 0.6) is 0 Å². The molecule has 0 aromatic carbocycles. The summed E-state index contributed by atoms with van der Waals surface area (Å²) < 4.78 is 72.9. The average Bonchev–Trinajstić information content (AvgIpc) is 2.54. The Morgan fingerprint density at radius 3 is 2.28 bits per heavy atom. The third-order valence-corrected chi connectivity index (χ3v) is 3.88. The molecule has 5 nitrogen and oxygen atoms in total. The molecular weight excluding hydrogens is 277 g/mol. The van der Waals surface area contributed by atoms with Crippen LogP contribution in [-0.4, -0.2) is 39.5 Å². The van der Waals surface area contributed by atoms with E-state index in [1.54, 1.807) is 13.8 Å². The molecule has 0 aromatic rings. The topological polar surface area (TPSA) is 61.8 Å². The van der Waals surface area contributed by atoms with E-state index in [0.717, 1.165) is 0 Å². The van der Waals surface area contributed by atoms with E-state index in [2.05, 4.69) is 4.18 Å². The highest BCUT2D eigenvalue weighted by atomic mass is 32.2. The second-order valence-electron chi connectivity index (χ2n) is 4.01. The van der Waals surface area contributed by atoms with Crippen molar-refractivity contribution in [2.45, 2.75) is 44.3 Å². The molecule has 18 heavy (non-hydrogen) atoms. The van der Waals surface area contributed by atoms with Gasteiger partial charge in [0.15, 0.2) is 6.29 Å². The minimum absolute atomic E-state index is 0.400. The van der Waals surface area contributed by atoms with Gasteiger partial charge in [0.25, 0.3) is 0 Å². The van der Waals surface area contributed by atoms with E-state index in [4.69, 9.17) is 9.47 Å². The summed E-state index contributed by atoms with van der Waals surface area (Å²) in [6.45, 7) is 3.33. The fourth-order valence-corrected chi connectivity index (χ4v) is 2.49. The van der Waals surface area contributed by atoms with Crippen molar-refractivity contribution in [2.24, 2.45) is 5.92 Å². The standard InChI is InChI=1S/C9H15F3O5S/c1-4-6-5(2)7(8(15-3)16-6)17-18(13,14)9(10,11)12/h5-8H,4H2,1-3H3/t5-,6-,7-,8?/m1/s1. The van der Waals surface area contributed by atoms with E-state index >= 15 is 0 Å². The molecule has 1 saturated heterocycles. The lowest BCUT2D eigenvalue weighted by Gasteiger charge is -2.20. The Morgan fingerprint density at radius 2 is 1.89 bits per heavy atom. The van der Waals surface area contributed by atoms with Crippen molar-refractivity contribution in [1.29, 1.82) is 0 Å². The molecule has 1 rings (SSSR count). The van der Waals surface area contributed by atoms with Gasteiger partial charge < -0.3 is 9.47 Å². The quantitative estimate of drug-likeness (QED) is 0.582. The zero-order valence-electron chi connectivity index (χ0n) is 10.1. The van der Waals surface area contributed by atoms with Crippen molar-refractivity contribution in [3.05, 3.63) is 0 Å². The van der Waals surface area contributed by atoms with E-state index in [1.807, 2.05) is 0 Å². The summed E-state index contributed by atoms with van der Waals surface area (Å²) in [4.78, 5) is 0. The summed E-state index contributed by atoms with van der Waals surface area (Å²) in [5.74, 6) is -0.517. The lowest BCUT2D eigenvalue weighted by atomic mass is 9.99. The molecule has 0 radical (unpaired) electrons. The molecule has 0 aliphatic carbocycles. The summed E-state index contributed by atoms with van der Waals surface area (Å²) in [7, 11) is -4.43. The van der Waals surface area contributed by atoms with Crippen LogP contribution in [0.25, 0.3) is 0 Å². The maximum Gasteiger partial charge on any atom is 0.523 e. The Balaban J connectivity index is 2.89. The Bertz CT molecular complexity index is 378. The first-order valence-electron chi connectivity index (χ1n) is 5.31. The fraction of sp³-hybridized carbons (Fsp3) is 1.00. The number of hydrogen-bond acceptors (Lipinski definition) is 5. The zero-order chi connectivity index (χ0) is 14.1. The van der Waals surface area contributed by atoms with Crippen LogP contribution in [0.15, 0.2) is 0 Å². The van der Waals surface area contributed by atoms with Crippen LogP contribution in [0, 0.1) is 5.92 Å². The molecule has 0 N–H and O–H groups in total. The van der Waals surface area contributed by atoms with Gasteiger partial charge in [-0.3, -0.25) is 4.18 Å². The van der Waals surface area contributed by atoms with Gasteiger partial charge >= 0.3 is 15.6 Å². The van der Waals surface area contributed by atoms with Gasteiger partial charge in [-0.25, -0.2) is 0 Å². The molecular formula is C9H15F3O5S. The molecule has 0 aromatic heterocycles. The molecule has 4 atom stereocenters. The first kappa shape index (κ1) is 15.7. The second-order valence-corrected chi connectivity index (χ2v) is 5.57. The maximum absolute atomic E-state index is 12.2. The fourth-order valence-electron chi connectivity index (χ4n) is 1.82. The molecule has 0 amide bonds. The predicted molar refractivity (Wildman–Crippen MR) is 55.0 cm³/mol. The van der Waals surface area contributed by atoms with E-state index in [9.17, 15) is 21.6 Å². The van der Waals surface area contributed by atoms with Gasteiger partial charge in [-0.05, 0) is 6.42 Å². The maximum atomic E-state index is 12.2. The monoisotopic (exact) mass is 292 g/mol. The summed E-state index contributed by atoms with van der Waals surface area (Å²) >= 11 is 0. The normalized spacial score (nSPS) is 33.9. The Kier molecular flexibility index (Phi) is 4.63. The summed E-state index contributed by atoms with van der Waals surface area (Å²) in [5.41, 5.74) is -5.45. The number of ether oxygens (including phenoxy) is 2. The predicted octanol–water partition coefficient (Wildman–Crippen LogP) is 1.64. The van der Waals surface area contributed by atoms with Crippen LogP contribution in [0.3, 0.4) is 0 Å². The number of hydrogen-bond donors (Lipinski definition) is 0. The lowest BCUT2D eigenvalue weighted by molar-refractivity contribution is -0.146. The van der Waals surface area contributed by atoms with Crippen molar-refractivity contribution >= 4 is 10.1 Å². The second kappa shape index (κ2) is 5.32. The van der Waals surface area contributed by atoms with Gasteiger partial charge in [0.1, 0.15) is 6.10 Å². The van der Waals surface area contributed by atoms with Crippen LogP contribution in [0.1, 0.15) is 20.3 Å². The highest BCUT2D eigenvalue weighted by Crippen LogP contribution is 2.35. The van der Waals surface area contributed by atoms with Gasteiger partial charge in [0.2, 0.25) is 0 Å². The molecule has 0 spiro atoms. The molecule has 1 aliphatic heterocycles. The molecule has 9 heteroatoms. The Morgan fingerprint density at radius 1 is 1.33 bits per heavy atom. The number of alkyl halides is 3. The molecule has 1 unspecified atom stereocenters. The highest BCUT2D eigenvalue weighted by Gasteiger charge is 2.53. The lowest BCUT2D eigenvalue weighted by Crippen LogP contribution is -2.37. The molecule has 1 fully saturated rings. The van der Waals surface area contributed by atoms with Gasteiger partial charge in [0.05, 0.1) is 6.10 Å². The summed E-state index contributed by atoms with van der Waals surface area (Å²) in [6.07, 6.45) is -2.30. The minimum atomic E-state index is -5.65. The van der Waals surface area contributed by atoms with Crippen molar-refractivity contribution in [3.63, 3.8) is 0 Å². The minimum Gasteiger partial charge on any atom is -0.353 e. The van der Waals surface area contributed by atoms with Crippen molar-refractivity contribution in [1.82, 2.24) is 0 Å². The average molecular weight is 292 g/mol. The van der Waals surface area contributed by atoms with Gasteiger partial charge in [-0.15, -0.1) is 0 Å². The van der Waals surface area contributed by atoms with Gasteiger partial charge in [-0.1, -0.05) is 13.8 Å². The van der Waals surface area contributed by atoms with Crippen LogP contribution in [-0.2, 0) is 23.8 Å². The van der Waals surface area contributed by atoms with E-state index in [0.29, 0.717) is 6.42 Å². The largest absolute Gasteiger partial charge is 0.523 e. The van der Waals surface area contributed by atoms with Gasteiger partial charge in [0, 0.05) is 13.0 Å². The van der Waals surface area contributed by atoms with Crippen molar-refractivity contribution in [3.8, 4) is 0 Å². The molecule has 0 bridgehead atoms. The van der Waals surface area contributed by atoms with Crippen LogP contribution in [0.2, 0.25) is 0 Å². The first-order chi connectivity index (χ1) is 8.14. The number of halogens is 3. The highest BCUT2D eigenvalue weighted by molar-refractivity contribution is 7.87. The van der Waals surface area contributed by atoms with E-state index < -0.39 is 40.0 Å². The molecule has 0 saturated carbocycles. The molecule has 1 aliphatic rings. The summed E-state index contributed by atoms with van der Waals surface area (Å²) in [6, 6.07) is 0. The Labute approximate surface area is 103 Å². The smallest absolute Gasteiger partial charge is 0.353 e. The Hall–Kier alpha value is -0.380. The van der Waals surface area contributed by atoms with Crippen LogP contribution < -0.4 is 0 Å². The molecule has 108 valence electrons. The molecule has 1 heterocycles. The van der Waals surface area contributed by atoms with E-state index in [-0.39, 0.29) is 0 Å². The van der Waals surface area contributed by atoms with E-state index in [1.165, 1.54) is 7.11 Å². The van der Waals surface area contributed by atoms with Crippen LogP contribution in [0.4, 0.5) is 13.2 Å². The van der Waals surface area contributed by atoms with Crippen molar-refractivity contribution < 1.29 is 35.2 Å². The van der Waals surface area contributed by atoms with Crippen LogP contribution >= 0.6 is 0 Å². The number of rotatable bonds is 4. The first-order valence-corrected chi connectivity index (χ1v) is 6.72.